The molecule has 12 heteroatoms. The number of anilines is 1. The first-order chi connectivity index (χ1) is 16.2. The summed E-state index contributed by atoms with van der Waals surface area (Å²) in [5, 5.41) is 10.8. The number of carbonyl (C=O) groups is 1. The molecule has 5 rings (SSSR count). The summed E-state index contributed by atoms with van der Waals surface area (Å²) in [5.74, 6) is -0.329. The number of fused-ring (bicyclic) bond motifs is 1. The van der Waals surface area contributed by atoms with Crippen LogP contribution < -0.4 is 14.4 Å². The topological polar surface area (TPSA) is 122 Å². The highest BCUT2D eigenvalue weighted by Crippen LogP contribution is 2.32. The van der Waals surface area contributed by atoms with Gasteiger partial charge in [-0.2, -0.15) is 0 Å². The number of rotatable bonds is 6. The Kier molecular flexibility index (Phi) is 5.07. The summed E-state index contributed by atoms with van der Waals surface area (Å²) in [7, 11) is 0. The van der Waals surface area contributed by atoms with Crippen LogP contribution in [0.3, 0.4) is 0 Å². The van der Waals surface area contributed by atoms with Crippen molar-refractivity contribution in [1.29, 1.82) is 0 Å². The van der Waals surface area contributed by atoms with Gasteiger partial charge in [-0.15, -0.1) is 0 Å². The maximum atomic E-state index is 14.8. The molecule has 0 saturated carbocycles. The maximum absolute atomic E-state index is 14.8. The number of cyclic esters (lactones) is 1. The number of aromatic nitrogens is 3. The van der Waals surface area contributed by atoms with Gasteiger partial charge in [-0.05, 0) is 49.1 Å². The third-order valence-corrected chi connectivity index (χ3v) is 5.54. The SMILES string of the molecule is C[C@H]1CN(c2ccc(-c3ccc(OCC4(C)Cn5cc([N+](=O)[O-])nc5O4)cn3)c(F)c2)C(=O)O1. The molecule has 1 amide bonds. The highest BCUT2D eigenvalue weighted by molar-refractivity contribution is 5.90. The number of benzene rings is 1. The molecule has 0 aliphatic carbocycles. The lowest BCUT2D eigenvalue weighted by Gasteiger charge is -2.22. The molecule has 2 atom stereocenters. The lowest BCUT2D eigenvalue weighted by Crippen LogP contribution is -2.38. The highest BCUT2D eigenvalue weighted by atomic mass is 19.1. The third-order valence-electron chi connectivity index (χ3n) is 5.54. The zero-order valence-electron chi connectivity index (χ0n) is 18.3. The Balaban J connectivity index is 1.23. The van der Waals surface area contributed by atoms with E-state index in [2.05, 4.69) is 9.97 Å². The number of carbonyl (C=O) groups excluding carboxylic acids is 1. The number of ether oxygens (including phenoxy) is 3. The molecule has 11 nitrogen and oxygen atoms in total. The smallest absolute Gasteiger partial charge is 0.415 e. The van der Waals surface area contributed by atoms with Crippen LogP contribution in [0.5, 0.6) is 11.8 Å². The number of nitro groups is 1. The summed E-state index contributed by atoms with van der Waals surface area (Å²) in [6.07, 6.45) is 2.05. The van der Waals surface area contributed by atoms with E-state index in [4.69, 9.17) is 14.2 Å². The molecule has 1 unspecified atom stereocenters. The van der Waals surface area contributed by atoms with Gasteiger partial charge in [0.05, 0.1) is 30.7 Å². The van der Waals surface area contributed by atoms with Crippen LogP contribution in [-0.4, -0.2) is 50.4 Å². The molecule has 1 saturated heterocycles. The highest BCUT2D eigenvalue weighted by Gasteiger charge is 2.41. The Morgan fingerprint density at radius 1 is 1.35 bits per heavy atom. The Hall–Kier alpha value is -4.22. The predicted molar refractivity (Wildman–Crippen MR) is 116 cm³/mol. The zero-order valence-corrected chi connectivity index (χ0v) is 18.3. The first-order valence-electron chi connectivity index (χ1n) is 10.5. The maximum Gasteiger partial charge on any atom is 0.415 e. The first kappa shape index (κ1) is 21.6. The summed E-state index contributed by atoms with van der Waals surface area (Å²) in [5.41, 5.74) is 0.357. The third kappa shape index (κ3) is 3.98. The van der Waals surface area contributed by atoms with Crippen molar-refractivity contribution in [3.05, 3.63) is 58.7 Å². The van der Waals surface area contributed by atoms with E-state index in [0.717, 1.165) is 0 Å². The Labute approximate surface area is 192 Å². The minimum absolute atomic E-state index is 0.151. The molecule has 4 heterocycles. The molecular formula is C22H20FN5O6. The van der Waals surface area contributed by atoms with Crippen molar-refractivity contribution < 1.29 is 28.3 Å². The molecule has 3 aromatic rings. The van der Waals surface area contributed by atoms with Crippen LogP contribution in [-0.2, 0) is 11.3 Å². The van der Waals surface area contributed by atoms with Crippen molar-refractivity contribution in [2.45, 2.75) is 32.1 Å². The van der Waals surface area contributed by atoms with Crippen LogP contribution in [0.1, 0.15) is 13.8 Å². The van der Waals surface area contributed by atoms with Crippen molar-refractivity contribution >= 4 is 17.6 Å². The van der Waals surface area contributed by atoms with Gasteiger partial charge in [-0.1, -0.05) is 0 Å². The monoisotopic (exact) mass is 469 g/mol. The second-order valence-corrected chi connectivity index (χ2v) is 8.46. The van der Waals surface area contributed by atoms with Gasteiger partial charge in [-0.3, -0.25) is 14.5 Å². The molecule has 1 fully saturated rings. The number of halogens is 1. The normalized spacial score (nSPS) is 21.2. The van der Waals surface area contributed by atoms with Gasteiger partial charge >= 0.3 is 17.9 Å². The molecule has 2 aliphatic rings. The first-order valence-corrected chi connectivity index (χ1v) is 10.5. The Morgan fingerprint density at radius 2 is 2.18 bits per heavy atom. The standard InChI is InChI=1S/C22H20FN5O6/c1-13-9-27(21(29)33-13)14-3-5-16(17(23)7-14)18-6-4-15(8-24-18)32-12-22(2)11-26-10-19(28(30)31)25-20(26)34-22/h3-8,10,13H,9,11-12H2,1-2H3/t13-,22?/m0/s1. The quantitative estimate of drug-likeness (QED) is 0.397. The summed E-state index contributed by atoms with van der Waals surface area (Å²) in [6.45, 7) is 4.44. The Bertz CT molecular complexity index is 1250. The molecule has 0 spiro atoms. The molecule has 176 valence electrons. The van der Waals surface area contributed by atoms with E-state index in [0.29, 0.717) is 30.2 Å². The van der Waals surface area contributed by atoms with Crippen LogP contribution in [0.2, 0.25) is 0 Å². The van der Waals surface area contributed by atoms with Crippen molar-refractivity contribution in [3.63, 3.8) is 0 Å². The van der Waals surface area contributed by atoms with Crippen LogP contribution in [0, 0.1) is 15.9 Å². The fourth-order valence-corrected chi connectivity index (χ4v) is 3.91. The van der Waals surface area contributed by atoms with Crippen LogP contribution in [0.4, 0.5) is 20.7 Å². The summed E-state index contributed by atoms with van der Waals surface area (Å²) < 4.78 is 33.0. The molecule has 34 heavy (non-hydrogen) atoms. The van der Waals surface area contributed by atoms with E-state index in [1.54, 1.807) is 35.8 Å². The lowest BCUT2D eigenvalue weighted by molar-refractivity contribution is -0.389. The zero-order chi connectivity index (χ0) is 24.0. The minimum atomic E-state index is -0.758. The van der Waals surface area contributed by atoms with Crippen molar-refractivity contribution in [2.75, 3.05) is 18.1 Å². The Morgan fingerprint density at radius 3 is 2.79 bits per heavy atom. The number of imidazole rings is 1. The number of hydrogen-bond donors (Lipinski definition) is 0. The van der Waals surface area contributed by atoms with Gasteiger partial charge < -0.3 is 24.3 Å². The van der Waals surface area contributed by atoms with E-state index >= 15 is 0 Å². The molecule has 2 aromatic heterocycles. The molecule has 0 bridgehead atoms. The van der Waals surface area contributed by atoms with Gasteiger partial charge in [-0.25, -0.2) is 9.18 Å². The number of amides is 1. The second-order valence-electron chi connectivity index (χ2n) is 8.46. The number of nitrogens with zero attached hydrogens (tertiary/aromatic N) is 5. The lowest BCUT2D eigenvalue weighted by atomic mass is 10.1. The number of hydrogen-bond acceptors (Lipinski definition) is 8. The van der Waals surface area contributed by atoms with E-state index in [9.17, 15) is 19.3 Å². The molecule has 0 N–H and O–H groups in total. The summed E-state index contributed by atoms with van der Waals surface area (Å²) >= 11 is 0. The molecular weight excluding hydrogens is 449 g/mol. The second kappa shape index (κ2) is 7.97. The van der Waals surface area contributed by atoms with Crippen molar-refractivity contribution in [2.24, 2.45) is 0 Å². The summed E-state index contributed by atoms with van der Waals surface area (Å²) in [4.78, 5) is 31.6. The molecule has 2 aliphatic heterocycles. The minimum Gasteiger partial charge on any atom is -0.488 e. The van der Waals surface area contributed by atoms with Gasteiger partial charge in [0.2, 0.25) is 0 Å². The average Bonchev–Trinajstić information content (AvgIpc) is 3.43. The van der Waals surface area contributed by atoms with Gasteiger partial charge in [0, 0.05) is 10.5 Å². The van der Waals surface area contributed by atoms with E-state index in [-0.39, 0.29) is 30.1 Å². The summed E-state index contributed by atoms with van der Waals surface area (Å²) in [6, 6.07) is 7.96. The van der Waals surface area contributed by atoms with E-state index in [1.165, 1.54) is 23.4 Å². The van der Waals surface area contributed by atoms with E-state index < -0.39 is 22.4 Å². The van der Waals surface area contributed by atoms with Gasteiger partial charge in [0.15, 0.2) is 5.60 Å². The number of pyridine rings is 1. The van der Waals surface area contributed by atoms with Crippen molar-refractivity contribution in [3.8, 4) is 23.0 Å². The van der Waals surface area contributed by atoms with Crippen molar-refractivity contribution in [1.82, 2.24) is 14.5 Å². The fourth-order valence-electron chi connectivity index (χ4n) is 3.91. The average molecular weight is 469 g/mol. The predicted octanol–water partition coefficient (Wildman–Crippen LogP) is 3.57. The van der Waals surface area contributed by atoms with Crippen LogP contribution in [0.25, 0.3) is 11.3 Å². The van der Waals surface area contributed by atoms with Gasteiger partial charge in [0.1, 0.15) is 30.5 Å². The molecule has 1 aromatic carbocycles. The fraction of sp³-hybridized carbons (Fsp3) is 0.318. The van der Waals surface area contributed by atoms with Gasteiger partial charge in [0.25, 0.3) is 0 Å². The van der Waals surface area contributed by atoms with Crippen LogP contribution >= 0.6 is 0 Å². The van der Waals surface area contributed by atoms with E-state index in [1.807, 2.05) is 6.92 Å². The largest absolute Gasteiger partial charge is 0.488 e. The molecule has 0 radical (unpaired) electrons. The van der Waals surface area contributed by atoms with Crippen LogP contribution in [0.15, 0.2) is 42.7 Å².